The number of hydrogen-bond donors (Lipinski definition) is 3. The highest BCUT2D eigenvalue weighted by Crippen LogP contribution is 2.68. The average molecular weight is 781 g/mol. The highest BCUT2D eigenvalue weighted by Gasteiger charge is 2.77. The molecular formula is C34H24BCl2F5N2O9. The molecular weight excluding hydrogens is 757 g/mol. The van der Waals surface area contributed by atoms with Crippen molar-refractivity contribution in [2.75, 3.05) is 24.0 Å². The number of aromatic hydroxyl groups is 1. The number of benzene rings is 3. The number of fused-ring (bicyclic) bond motifs is 4. The number of alkyl halides is 2. The first-order chi connectivity index (χ1) is 25.0. The average Bonchev–Trinajstić information content (AvgIpc) is 3.47. The van der Waals surface area contributed by atoms with Gasteiger partial charge in [0.2, 0.25) is 17.6 Å². The second-order valence-electron chi connectivity index (χ2n) is 12.9. The summed E-state index contributed by atoms with van der Waals surface area (Å²) < 4.78 is 84.8. The van der Waals surface area contributed by atoms with Crippen LogP contribution in [0, 0.1) is 46.8 Å². The Balaban J connectivity index is 1.47. The molecule has 11 nitrogen and oxygen atoms in total. The molecule has 6 unspecified atom stereocenters. The largest absolute Gasteiger partial charge is 0.508 e. The number of nitrogens with zero attached hydrogens (tertiary/aromatic N) is 2. The fraction of sp³-hybridized carbons (Fsp3) is 0.294. The van der Waals surface area contributed by atoms with Crippen molar-refractivity contribution < 1.29 is 65.8 Å². The van der Waals surface area contributed by atoms with Crippen molar-refractivity contribution in [3.05, 3.63) is 82.7 Å². The third-order valence-electron chi connectivity index (χ3n) is 10.5. The summed E-state index contributed by atoms with van der Waals surface area (Å²) in [5.41, 5.74) is -2.04. The third-order valence-corrected chi connectivity index (χ3v) is 11.9. The van der Waals surface area contributed by atoms with E-state index < -0.39 is 111 Å². The number of allylic oxidation sites excluding steroid dienone is 2. The number of phenols is 1. The molecule has 3 fully saturated rings. The van der Waals surface area contributed by atoms with Crippen LogP contribution in [0.25, 0.3) is 0 Å². The Morgan fingerprint density at radius 1 is 0.811 bits per heavy atom. The quantitative estimate of drug-likeness (QED) is 0.0649. The summed E-state index contributed by atoms with van der Waals surface area (Å²) in [5, 5.41) is 29.9. The molecule has 3 N–H and O–H groups in total. The highest BCUT2D eigenvalue weighted by atomic mass is 35.5. The number of carbonyl (C=O) groups excluding carboxylic acids is 4. The van der Waals surface area contributed by atoms with Crippen LogP contribution >= 0.6 is 23.2 Å². The summed E-state index contributed by atoms with van der Waals surface area (Å²) in [6.45, 7) is 0. The van der Waals surface area contributed by atoms with Crippen LogP contribution in [0.3, 0.4) is 0 Å². The second-order valence-corrected chi connectivity index (χ2v) is 14.2. The van der Waals surface area contributed by atoms with Gasteiger partial charge in [0.25, 0.3) is 11.8 Å². The molecule has 0 radical (unpaired) electrons. The highest BCUT2D eigenvalue weighted by molar-refractivity contribution is 6.59. The first-order valence-corrected chi connectivity index (χ1v) is 16.5. The molecule has 53 heavy (non-hydrogen) atoms. The van der Waals surface area contributed by atoms with Crippen LogP contribution in [0.15, 0.2) is 48.0 Å². The maximum Gasteiger partial charge on any atom is 0.488 e. The maximum absolute atomic E-state index is 15.3. The molecule has 7 rings (SSSR count). The zero-order valence-corrected chi connectivity index (χ0v) is 28.7. The first kappa shape index (κ1) is 36.6. The molecule has 6 atom stereocenters. The van der Waals surface area contributed by atoms with Crippen molar-refractivity contribution in [2.24, 2.45) is 17.8 Å². The summed E-state index contributed by atoms with van der Waals surface area (Å²) in [4.78, 5) is 52.1. The van der Waals surface area contributed by atoms with E-state index in [1.165, 1.54) is 30.3 Å². The molecule has 2 aliphatic carbocycles. The molecule has 3 aromatic rings. The Labute approximate surface area is 306 Å². The van der Waals surface area contributed by atoms with Gasteiger partial charge in [0.15, 0.2) is 33.0 Å². The van der Waals surface area contributed by atoms with Crippen molar-refractivity contribution in [1.29, 1.82) is 0 Å². The molecule has 19 heteroatoms. The van der Waals surface area contributed by atoms with E-state index in [1.807, 2.05) is 0 Å². The Kier molecular flexibility index (Phi) is 8.60. The lowest BCUT2D eigenvalue weighted by Crippen LogP contribution is -2.60. The van der Waals surface area contributed by atoms with Gasteiger partial charge >= 0.3 is 7.12 Å². The minimum absolute atomic E-state index is 0.0207. The van der Waals surface area contributed by atoms with Crippen LogP contribution in [-0.4, -0.2) is 69.9 Å². The minimum atomic E-state index is -2.87. The number of carbonyl (C=O) groups is 4. The number of ether oxygens (including phenoxy) is 2. The lowest BCUT2D eigenvalue weighted by molar-refractivity contribution is -0.125. The van der Waals surface area contributed by atoms with E-state index in [2.05, 4.69) is 0 Å². The molecule has 3 aromatic carbocycles. The van der Waals surface area contributed by atoms with Gasteiger partial charge in [-0.1, -0.05) is 23.8 Å². The van der Waals surface area contributed by atoms with E-state index in [-0.39, 0.29) is 45.1 Å². The van der Waals surface area contributed by atoms with E-state index in [4.69, 9.17) is 32.7 Å². The molecule has 0 spiro atoms. The Morgan fingerprint density at radius 2 is 1.40 bits per heavy atom. The van der Waals surface area contributed by atoms with Crippen LogP contribution in [-0.2, 0) is 19.2 Å². The Morgan fingerprint density at radius 3 is 1.96 bits per heavy atom. The molecule has 4 aliphatic rings. The first-order valence-electron chi connectivity index (χ1n) is 15.7. The number of halogens is 7. The van der Waals surface area contributed by atoms with E-state index in [9.17, 15) is 47.5 Å². The number of anilines is 2. The van der Waals surface area contributed by atoms with E-state index in [0.29, 0.717) is 0 Å². The summed E-state index contributed by atoms with van der Waals surface area (Å²) in [7, 11) is 0.373. The van der Waals surface area contributed by atoms with Gasteiger partial charge in [0, 0.05) is 23.6 Å². The van der Waals surface area contributed by atoms with Crippen LogP contribution < -0.4 is 24.7 Å². The van der Waals surface area contributed by atoms with Crippen molar-refractivity contribution in [1.82, 2.24) is 0 Å². The number of rotatable bonds is 6. The summed E-state index contributed by atoms with van der Waals surface area (Å²) in [5.74, 6) is -23.7. The predicted molar refractivity (Wildman–Crippen MR) is 176 cm³/mol. The number of phenolic OH excluding ortho intramolecular Hbond substituents is 1. The van der Waals surface area contributed by atoms with E-state index in [0.717, 1.165) is 31.3 Å². The summed E-state index contributed by atoms with van der Waals surface area (Å²) >= 11 is 14.4. The van der Waals surface area contributed by atoms with Crippen LogP contribution in [0.1, 0.15) is 24.3 Å². The molecule has 2 heterocycles. The zero-order chi connectivity index (χ0) is 38.6. The monoisotopic (exact) mass is 780 g/mol. The molecule has 2 saturated heterocycles. The topological polar surface area (TPSA) is 154 Å². The van der Waals surface area contributed by atoms with E-state index in [1.54, 1.807) is 0 Å². The van der Waals surface area contributed by atoms with Crippen molar-refractivity contribution in [3.8, 4) is 17.2 Å². The second kappa shape index (κ2) is 12.4. The lowest BCUT2D eigenvalue weighted by atomic mass is 9.56. The summed E-state index contributed by atoms with van der Waals surface area (Å²) in [6.07, 6.45) is 0.554. The van der Waals surface area contributed by atoms with Crippen molar-refractivity contribution in [3.63, 3.8) is 0 Å². The molecule has 2 aliphatic heterocycles. The Hall–Kier alpha value is -4.71. The van der Waals surface area contributed by atoms with Gasteiger partial charge in [-0.15, -0.1) is 23.2 Å². The molecule has 0 bridgehead atoms. The number of imide groups is 2. The maximum atomic E-state index is 15.3. The van der Waals surface area contributed by atoms with Gasteiger partial charge in [0.05, 0.1) is 31.7 Å². The molecule has 1 saturated carbocycles. The fourth-order valence-corrected chi connectivity index (χ4v) is 9.09. The fourth-order valence-electron chi connectivity index (χ4n) is 8.17. The van der Waals surface area contributed by atoms with Crippen LogP contribution in [0.5, 0.6) is 17.2 Å². The Bertz CT molecular complexity index is 2160. The van der Waals surface area contributed by atoms with Crippen molar-refractivity contribution >= 4 is 70.8 Å². The smallest absolute Gasteiger partial charge is 0.488 e. The third kappa shape index (κ3) is 4.79. The van der Waals surface area contributed by atoms with Gasteiger partial charge in [-0.25, -0.2) is 26.9 Å². The normalized spacial score (nSPS) is 27.8. The lowest BCUT2D eigenvalue weighted by Gasteiger charge is -2.51. The summed E-state index contributed by atoms with van der Waals surface area (Å²) in [6, 6.07) is 7.46. The molecule has 4 amide bonds. The number of amides is 4. The van der Waals surface area contributed by atoms with Crippen molar-refractivity contribution in [2.45, 2.75) is 28.5 Å². The SMILES string of the molecule is COc1cc(O)cc(OC)c1C1C2=CCC3C(=O)N(c4cccc(B(O)O)c4)C(=O)C3C2CC2(Cl)C(=O)N(c3c(F)c(F)c(F)c(F)c3F)C(=O)C12Cl. The van der Waals surface area contributed by atoms with Gasteiger partial charge < -0.3 is 24.6 Å². The number of methoxy groups -OCH3 is 2. The molecule has 0 aromatic heterocycles. The van der Waals surface area contributed by atoms with Gasteiger partial charge in [0.1, 0.15) is 22.9 Å². The molecule has 276 valence electrons. The van der Waals surface area contributed by atoms with Crippen LogP contribution in [0.4, 0.5) is 33.3 Å². The van der Waals surface area contributed by atoms with Crippen LogP contribution in [0.2, 0.25) is 0 Å². The predicted octanol–water partition coefficient (Wildman–Crippen LogP) is 3.55. The zero-order valence-electron chi connectivity index (χ0n) is 27.2. The van der Waals surface area contributed by atoms with Gasteiger partial charge in [-0.05, 0) is 36.4 Å². The van der Waals surface area contributed by atoms with Gasteiger partial charge in [-0.3, -0.25) is 24.1 Å². The standard InChI is InChI=1S/C34H24BCl2F5N2O9/c1-52-18-9-14(45)10-19(53-2)21(18)22-15-6-7-16-20(30(47)43(29(16)46)13-5-3-4-12(8-13)35(50)51)17(15)11-33(36)31(48)44(32(49)34(22,33)37)28-26(41)24(39)23(38)25(40)27(28)42/h3-6,8-10,16-17,20,22,45,50-51H,7,11H2,1-2H3. The number of hydrogen-bond acceptors (Lipinski definition) is 9. The van der Waals surface area contributed by atoms with Gasteiger partial charge in [-0.2, -0.15) is 0 Å². The minimum Gasteiger partial charge on any atom is -0.508 e. The van der Waals surface area contributed by atoms with E-state index >= 15 is 8.78 Å².